The molecule has 1 atom stereocenters. The van der Waals surface area contributed by atoms with Gasteiger partial charge in [-0.15, -0.1) is 0 Å². The molecule has 1 unspecified atom stereocenters. The average molecular weight is 325 g/mol. The van der Waals surface area contributed by atoms with Gasteiger partial charge in [-0.2, -0.15) is 0 Å². The average Bonchev–Trinajstić information content (AvgIpc) is 3.17. The summed E-state index contributed by atoms with van der Waals surface area (Å²) in [6, 6.07) is 6.35. The topological polar surface area (TPSA) is 32.3 Å². The van der Waals surface area contributed by atoms with Crippen molar-refractivity contribution in [2.75, 3.05) is 18.9 Å². The lowest BCUT2D eigenvalue weighted by molar-refractivity contribution is -0.117. The molecule has 1 aliphatic carbocycles. The van der Waals surface area contributed by atoms with Crippen LogP contribution in [-0.2, 0) is 4.79 Å². The highest BCUT2D eigenvalue weighted by Gasteiger charge is 2.30. The molecule has 19 heavy (non-hydrogen) atoms. The van der Waals surface area contributed by atoms with Gasteiger partial charge >= 0.3 is 0 Å². The summed E-state index contributed by atoms with van der Waals surface area (Å²) < 4.78 is 1.06. The Balaban J connectivity index is 1.87. The Labute approximate surface area is 123 Å². The van der Waals surface area contributed by atoms with Gasteiger partial charge in [0.1, 0.15) is 0 Å². The summed E-state index contributed by atoms with van der Waals surface area (Å²) in [6.07, 6.45) is 2.61. The predicted octanol–water partition coefficient (Wildman–Crippen LogP) is 3.43. The van der Waals surface area contributed by atoms with Gasteiger partial charge in [-0.25, -0.2) is 0 Å². The number of likely N-dealkylation sites (N-methyl/N-ethyl adjacent to an activating group) is 1. The van der Waals surface area contributed by atoms with Crippen LogP contribution < -0.4 is 5.32 Å². The monoisotopic (exact) mass is 324 g/mol. The normalized spacial score (nSPS) is 16.5. The summed E-state index contributed by atoms with van der Waals surface area (Å²) in [6.45, 7) is 4.67. The number of anilines is 1. The van der Waals surface area contributed by atoms with Gasteiger partial charge in [-0.05, 0) is 63.4 Å². The van der Waals surface area contributed by atoms with Crippen LogP contribution in [0.5, 0.6) is 0 Å². The highest BCUT2D eigenvalue weighted by Crippen LogP contribution is 2.34. The van der Waals surface area contributed by atoms with Gasteiger partial charge in [0, 0.05) is 16.2 Å². The van der Waals surface area contributed by atoms with E-state index in [9.17, 15) is 4.79 Å². The maximum atomic E-state index is 12.0. The van der Waals surface area contributed by atoms with Crippen molar-refractivity contribution < 1.29 is 4.79 Å². The van der Waals surface area contributed by atoms with Crippen molar-refractivity contribution in [2.45, 2.75) is 32.7 Å². The Bertz CT molecular complexity index is 471. The van der Waals surface area contributed by atoms with E-state index in [4.69, 9.17) is 0 Å². The summed E-state index contributed by atoms with van der Waals surface area (Å²) in [5.74, 6) is 0.837. The van der Waals surface area contributed by atoms with E-state index in [0.717, 1.165) is 21.6 Å². The van der Waals surface area contributed by atoms with Crippen LogP contribution in [0.1, 0.15) is 25.3 Å². The zero-order valence-electron chi connectivity index (χ0n) is 11.7. The Morgan fingerprint density at radius 2 is 2.21 bits per heavy atom. The Morgan fingerprint density at radius 3 is 2.79 bits per heavy atom. The van der Waals surface area contributed by atoms with Gasteiger partial charge in [0.2, 0.25) is 5.91 Å². The molecule has 0 spiro atoms. The molecule has 104 valence electrons. The summed E-state index contributed by atoms with van der Waals surface area (Å²) in [7, 11) is 2.02. The molecule has 0 bridgehead atoms. The lowest BCUT2D eigenvalue weighted by atomic mass is 10.2. The van der Waals surface area contributed by atoms with E-state index in [2.05, 4.69) is 33.1 Å². The van der Waals surface area contributed by atoms with E-state index in [0.29, 0.717) is 12.6 Å². The van der Waals surface area contributed by atoms with Crippen LogP contribution in [0.4, 0.5) is 5.69 Å². The molecule has 1 N–H and O–H groups in total. The number of nitrogens with one attached hydrogen (secondary N) is 1. The highest BCUT2D eigenvalue weighted by atomic mass is 79.9. The van der Waals surface area contributed by atoms with E-state index < -0.39 is 0 Å². The molecule has 1 saturated carbocycles. The molecule has 1 fully saturated rings. The molecule has 0 aromatic heterocycles. The summed E-state index contributed by atoms with van der Waals surface area (Å²) in [5, 5.41) is 2.95. The third-order valence-electron chi connectivity index (χ3n) is 3.83. The number of hydrogen-bond acceptors (Lipinski definition) is 2. The van der Waals surface area contributed by atoms with E-state index in [1.165, 1.54) is 12.8 Å². The molecule has 0 aliphatic heterocycles. The van der Waals surface area contributed by atoms with Gasteiger partial charge in [0.25, 0.3) is 0 Å². The number of aryl methyl sites for hydroxylation is 1. The first kappa shape index (κ1) is 14.5. The molecular formula is C15H21BrN2O. The van der Waals surface area contributed by atoms with Gasteiger partial charge in [0.05, 0.1) is 6.54 Å². The first-order valence-corrected chi connectivity index (χ1v) is 7.53. The van der Waals surface area contributed by atoms with E-state index in [-0.39, 0.29) is 5.91 Å². The number of amides is 1. The largest absolute Gasteiger partial charge is 0.325 e. The van der Waals surface area contributed by atoms with Crippen LogP contribution in [0.3, 0.4) is 0 Å². The second-order valence-electron chi connectivity index (χ2n) is 5.51. The fourth-order valence-electron chi connectivity index (χ4n) is 2.23. The number of nitrogens with zero attached hydrogens (tertiary/aromatic N) is 1. The minimum atomic E-state index is 0.0525. The maximum Gasteiger partial charge on any atom is 0.238 e. The molecule has 2 rings (SSSR count). The fraction of sp³-hybridized carbons (Fsp3) is 0.533. The molecule has 4 heteroatoms. The summed E-state index contributed by atoms with van der Waals surface area (Å²) >= 11 is 3.46. The second-order valence-corrected chi connectivity index (χ2v) is 6.36. The minimum Gasteiger partial charge on any atom is -0.325 e. The van der Waals surface area contributed by atoms with E-state index >= 15 is 0 Å². The van der Waals surface area contributed by atoms with Crippen LogP contribution in [0.15, 0.2) is 22.7 Å². The highest BCUT2D eigenvalue weighted by molar-refractivity contribution is 9.10. The fourth-order valence-corrected chi connectivity index (χ4v) is 2.48. The van der Waals surface area contributed by atoms with Crippen LogP contribution in [0.2, 0.25) is 0 Å². The third-order valence-corrected chi connectivity index (χ3v) is 4.72. The molecule has 0 radical (unpaired) electrons. The molecule has 0 heterocycles. The number of carbonyl (C=O) groups is 1. The van der Waals surface area contributed by atoms with Crippen LogP contribution in [-0.4, -0.2) is 30.4 Å². The number of carbonyl (C=O) groups excluding carboxylic acids is 1. The molecule has 0 saturated heterocycles. The second kappa shape index (κ2) is 6.06. The lowest BCUT2D eigenvalue weighted by Crippen LogP contribution is -2.37. The SMILES string of the molecule is Cc1cc(NC(=O)CN(C)C(C)C2CC2)ccc1Br. The van der Waals surface area contributed by atoms with Gasteiger partial charge in [-0.1, -0.05) is 15.9 Å². The lowest BCUT2D eigenvalue weighted by Gasteiger charge is -2.23. The van der Waals surface area contributed by atoms with E-state index in [1.807, 2.05) is 32.2 Å². The number of rotatable bonds is 5. The summed E-state index contributed by atoms with van der Waals surface area (Å²) in [5.41, 5.74) is 1.98. The smallest absolute Gasteiger partial charge is 0.238 e. The predicted molar refractivity (Wildman–Crippen MR) is 82.3 cm³/mol. The molecule has 1 amide bonds. The molecule has 1 aromatic rings. The zero-order valence-corrected chi connectivity index (χ0v) is 13.3. The van der Waals surface area contributed by atoms with Crippen LogP contribution in [0.25, 0.3) is 0 Å². The van der Waals surface area contributed by atoms with Crippen molar-refractivity contribution in [3.63, 3.8) is 0 Å². The molecule has 1 aliphatic rings. The Hall–Kier alpha value is -0.870. The molecule has 1 aromatic carbocycles. The van der Waals surface area contributed by atoms with Crippen molar-refractivity contribution >= 4 is 27.5 Å². The van der Waals surface area contributed by atoms with Gasteiger partial charge in [-0.3, -0.25) is 9.69 Å². The standard InChI is InChI=1S/C15H21BrN2O/c1-10-8-13(6-7-14(10)16)17-15(19)9-18(3)11(2)12-4-5-12/h6-8,11-12H,4-5,9H2,1-3H3,(H,17,19). The number of benzene rings is 1. The van der Waals surface area contributed by atoms with Gasteiger partial charge < -0.3 is 5.32 Å². The molecule has 3 nitrogen and oxygen atoms in total. The first-order valence-electron chi connectivity index (χ1n) is 6.73. The first-order chi connectivity index (χ1) is 8.97. The quantitative estimate of drug-likeness (QED) is 0.900. The van der Waals surface area contributed by atoms with Crippen molar-refractivity contribution in [3.8, 4) is 0 Å². The van der Waals surface area contributed by atoms with Crippen LogP contribution in [0, 0.1) is 12.8 Å². The van der Waals surface area contributed by atoms with Crippen molar-refractivity contribution in [1.29, 1.82) is 0 Å². The molecular weight excluding hydrogens is 304 g/mol. The zero-order chi connectivity index (χ0) is 14.0. The van der Waals surface area contributed by atoms with Crippen LogP contribution >= 0.6 is 15.9 Å². The Kier molecular flexibility index (Phi) is 4.63. The number of halogens is 1. The van der Waals surface area contributed by atoms with Crippen molar-refractivity contribution in [1.82, 2.24) is 4.90 Å². The van der Waals surface area contributed by atoms with Crippen molar-refractivity contribution in [2.24, 2.45) is 5.92 Å². The Morgan fingerprint density at radius 1 is 1.53 bits per heavy atom. The summed E-state index contributed by atoms with van der Waals surface area (Å²) in [4.78, 5) is 14.1. The van der Waals surface area contributed by atoms with E-state index in [1.54, 1.807) is 0 Å². The maximum absolute atomic E-state index is 12.0. The minimum absolute atomic E-state index is 0.0525. The number of hydrogen-bond donors (Lipinski definition) is 1. The van der Waals surface area contributed by atoms with Crippen molar-refractivity contribution in [3.05, 3.63) is 28.2 Å². The van der Waals surface area contributed by atoms with Gasteiger partial charge in [0.15, 0.2) is 0 Å². The third kappa shape index (κ3) is 4.05.